The van der Waals surface area contributed by atoms with Crippen molar-refractivity contribution in [2.75, 3.05) is 19.7 Å². The molecule has 3 aliphatic heterocycles. The number of rotatable bonds is 2. The monoisotopic (exact) mass is 238 g/mol. The van der Waals surface area contributed by atoms with Crippen LogP contribution in [0.25, 0.3) is 0 Å². The van der Waals surface area contributed by atoms with E-state index in [1.165, 1.54) is 51.6 Å². The van der Waals surface area contributed by atoms with Crippen molar-refractivity contribution < 1.29 is 4.74 Å². The Hall–Kier alpha value is -0.120. The van der Waals surface area contributed by atoms with Gasteiger partial charge in [-0.1, -0.05) is 0 Å². The Morgan fingerprint density at radius 3 is 2.82 bits per heavy atom. The van der Waals surface area contributed by atoms with Crippen molar-refractivity contribution in [3.05, 3.63) is 0 Å². The van der Waals surface area contributed by atoms with Gasteiger partial charge < -0.3 is 15.0 Å². The Morgan fingerprint density at radius 1 is 1.06 bits per heavy atom. The van der Waals surface area contributed by atoms with Gasteiger partial charge >= 0.3 is 0 Å². The molecule has 3 heterocycles. The van der Waals surface area contributed by atoms with Crippen molar-refractivity contribution in [3.8, 4) is 0 Å². The number of nitrogens with zero attached hydrogens (tertiary/aromatic N) is 1. The van der Waals surface area contributed by atoms with Gasteiger partial charge in [-0.05, 0) is 58.5 Å². The maximum atomic E-state index is 5.62. The molecule has 4 atom stereocenters. The first-order valence-electron chi connectivity index (χ1n) is 7.43. The molecule has 0 spiro atoms. The minimum absolute atomic E-state index is 0.452. The van der Waals surface area contributed by atoms with Crippen LogP contribution in [0.4, 0.5) is 0 Å². The number of hydrogen-bond donors (Lipinski definition) is 1. The summed E-state index contributed by atoms with van der Waals surface area (Å²) in [5, 5.41) is 3.89. The predicted molar refractivity (Wildman–Crippen MR) is 69.2 cm³/mol. The lowest BCUT2D eigenvalue weighted by Gasteiger charge is -2.38. The van der Waals surface area contributed by atoms with Gasteiger partial charge in [0, 0.05) is 24.7 Å². The van der Waals surface area contributed by atoms with Crippen molar-refractivity contribution in [2.45, 2.75) is 69.7 Å². The van der Waals surface area contributed by atoms with E-state index in [2.05, 4.69) is 17.1 Å². The second-order valence-corrected chi connectivity index (χ2v) is 6.12. The first-order valence-corrected chi connectivity index (χ1v) is 7.43. The molecule has 0 saturated carbocycles. The molecule has 3 fully saturated rings. The van der Waals surface area contributed by atoms with Gasteiger partial charge in [-0.3, -0.25) is 0 Å². The first kappa shape index (κ1) is 11.9. The number of hydrogen-bond acceptors (Lipinski definition) is 3. The molecule has 0 aromatic heterocycles. The summed E-state index contributed by atoms with van der Waals surface area (Å²) in [7, 11) is 0. The molecule has 3 rings (SSSR count). The summed E-state index contributed by atoms with van der Waals surface area (Å²) >= 11 is 0. The largest absolute Gasteiger partial charge is 0.378 e. The summed E-state index contributed by atoms with van der Waals surface area (Å²) in [6, 6.07) is 2.36. The summed E-state index contributed by atoms with van der Waals surface area (Å²) < 4.78 is 5.62. The van der Waals surface area contributed by atoms with Crippen LogP contribution >= 0.6 is 0 Å². The van der Waals surface area contributed by atoms with E-state index in [-0.39, 0.29) is 0 Å². The zero-order valence-corrected chi connectivity index (χ0v) is 11.0. The fraction of sp³-hybridized carbons (Fsp3) is 1.00. The molecular weight excluding hydrogens is 212 g/mol. The van der Waals surface area contributed by atoms with E-state index in [1.54, 1.807) is 0 Å². The highest BCUT2D eigenvalue weighted by Crippen LogP contribution is 2.27. The molecular formula is C14H26N2O. The van der Waals surface area contributed by atoms with Crippen LogP contribution in [-0.2, 0) is 4.74 Å². The highest BCUT2D eigenvalue weighted by Gasteiger charge is 2.32. The van der Waals surface area contributed by atoms with Crippen LogP contribution in [0, 0.1) is 0 Å². The van der Waals surface area contributed by atoms with Gasteiger partial charge in [0.1, 0.15) is 0 Å². The van der Waals surface area contributed by atoms with Crippen LogP contribution in [0.15, 0.2) is 0 Å². The smallest absolute Gasteiger partial charge is 0.0561 e. The average molecular weight is 238 g/mol. The summed E-state index contributed by atoms with van der Waals surface area (Å²) in [4.78, 5) is 2.70. The fourth-order valence-corrected chi connectivity index (χ4v) is 3.86. The molecule has 0 aromatic carbocycles. The lowest BCUT2D eigenvalue weighted by Crippen LogP contribution is -2.50. The Balaban J connectivity index is 1.48. The maximum Gasteiger partial charge on any atom is 0.0561 e. The molecule has 0 amide bonds. The average Bonchev–Trinajstić information content (AvgIpc) is 2.76. The normalized spacial score (nSPS) is 43.6. The molecule has 1 N–H and O–H groups in total. The molecule has 3 nitrogen and oxygen atoms in total. The lowest BCUT2D eigenvalue weighted by atomic mass is 9.95. The number of ether oxygens (including phenoxy) is 1. The minimum atomic E-state index is 0.452. The van der Waals surface area contributed by atoms with Crippen molar-refractivity contribution in [3.63, 3.8) is 0 Å². The first-order chi connectivity index (χ1) is 8.31. The predicted octanol–water partition coefficient (Wildman–Crippen LogP) is 1.77. The zero-order chi connectivity index (χ0) is 11.7. The quantitative estimate of drug-likeness (QED) is 0.793. The van der Waals surface area contributed by atoms with Gasteiger partial charge in [-0.2, -0.15) is 0 Å². The Morgan fingerprint density at radius 2 is 1.94 bits per heavy atom. The third kappa shape index (κ3) is 2.83. The minimum Gasteiger partial charge on any atom is -0.378 e. The topological polar surface area (TPSA) is 24.5 Å². The SMILES string of the molecule is CC1CC(NC2CCN3CCCC3C2)CCO1. The van der Waals surface area contributed by atoms with E-state index in [0.29, 0.717) is 12.1 Å². The van der Waals surface area contributed by atoms with Crippen LogP contribution in [-0.4, -0.2) is 48.8 Å². The van der Waals surface area contributed by atoms with E-state index < -0.39 is 0 Å². The summed E-state index contributed by atoms with van der Waals surface area (Å²) in [6.07, 6.45) is 8.44. The van der Waals surface area contributed by atoms with Gasteiger partial charge in [0.15, 0.2) is 0 Å². The van der Waals surface area contributed by atoms with Crippen molar-refractivity contribution in [2.24, 2.45) is 0 Å². The molecule has 3 heteroatoms. The Labute approximate surface area is 105 Å². The van der Waals surface area contributed by atoms with Crippen molar-refractivity contribution in [1.82, 2.24) is 10.2 Å². The van der Waals surface area contributed by atoms with Crippen LogP contribution in [0.1, 0.15) is 45.4 Å². The zero-order valence-electron chi connectivity index (χ0n) is 11.0. The van der Waals surface area contributed by atoms with Gasteiger partial charge in [-0.25, -0.2) is 0 Å². The summed E-state index contributed by atoms with van der Waals surface area (Å²) in [6.45, 7) is 5.82. The van der Waals surface area contributed by atoms with Gasteiger partial charge in [-0.15, -0.1) is 0 Å². The second kappa shape index (κ2) is 5.25. The summed E-state index contributed by atoms with van der Waals surface area (Å²) in [5.41, 5.74) is 0. The third-order valence-corrected chi connectivity index (χ3v) is 4.78. The molecule has 3 aliphatic rings. The second-order valence-electron chi connectivity index (χ2n) is 6.12. The standard InChI is InChI=1S/C14H26N2O/c1-11-9-13(5-8-17-11)15-12-4-7-16-6-2-3-14(16)10-12/h11-15H,2-10H2,1H3. The van der Waals surface area contributed by atoms with Crippen molar-refractivity contribution in [1.29, 1.82) is 0 Å². The number of fused-ring (bicyclic) bond motifs is 1. The molecule has 0 aliphatic carbocycles. The van der Waals surface area contributed by atoms with E-state index in [9.17, 15) is 0 Å². The molecule has 0 radical (unpaired) electrons. The maximum absolute atomic E-state index is 5.62. The van der Waals surface area contributed by atoms with E-state index in [0.717, 1.165) is 18.7 Å². The number of nitrogens with one attached hydrogen (secondary N) is 1. The van der Waals surface area contributed by atoms with Crippen molar-refractivity contribution >= 4 is 0 Å². The highest BCUT2D eigenvalue weighted by atomic mass is 16.5. The third-order valence-electron chi connectivity index (χ3n) is 4.78. The van der Waals surface area contributed by atoms with E-state index in [1.807, 2.05) is 0 Å². The Bertz CT molecular complexity index is 259. The van der Waals surface area contributed by atoms with E-state index in [4.69, 9.17) is 4.74 Å². The lowest BCUT2D eigenvalue weighted by molar-refractivity contribution is 0.00868. The molecule has 17 heavy (non-hydrogen) atoms. The van der Waals surface area contributed by atoms with Gasteiger partial charge in [0.25, 0.3) is 0 Å². The van der Waals surface area contributed by atoms with Crippen LogP contribution in [0.2, 0.25) is 0 Å². The number of piperidine rings is 1. The molecule has 4 unspecified atom stereocenters. The van der Waals surface area contributed by atoms with Crippen LogP contribution in [0.3, 0.4) is 0 Å². The molecule has 3 saturated heterocycles. The summed E-state index contributed by atoms with van der Waals surface area (Å²) in [5.74, 6) is 0. The fourth-order valence-electron chi connectivity index (χ4n) is 3.86. The van der Waals surface area contributed by atoms with Gasteiger partial charge in [0.05, 0.1) is 6.10 Å². The molecule has 98 valence electrons. The van der Waals surface area contributed by atoms with Crippen LogP contribution in [0.5, 0.6) is 0 Å². The van der Waals surface area contributed by atoms with Crippen LogP contribution < -0.4 is 5.32 Å². The Kier molecular flexibility index (Phi) is 3.69. The molecule has 0 bridgehead atoms. The highest BCUT2D eigenvalue weighted by molar-refractivity contribution is 4.91. The van der Waals surface area contributed by atoms with Gasteiger partial charge in [0.2, 0.25) is 0 Å². The molecule has 0 aromatic rings. The van der Waals surface area contributed by atoms with E-state index >= 15 is 0 Å².